The van der Waals surface area contributed by atoms with E-state index in [1.165, 1.54) is 0 Å². The first-order chi connectivity index (χ1) is 7.67. The fourth-order valence-electron chi connectivity index (χ4n) is 1.47. The third kappa shape index (κ3) is 3.62. The van der Waals surface area contributed by atoms with Crippen molar-refractivity contribution < 1.29 is 4.79 Å². The minimum atomic E-state index is -0.185. The minimum absolute atomic E-state index is 0.00683. The van der Waals surface area contributed by atoms with Gasteiger partial charge in [0, 0.05) is 31.4 Å². The van der Waals surface area contributed by atoms with Gasteiger partial charge in [-0.25, -0.2) is 0 Å². The van der Waals surface area contributed by atoms with E-state index in [0.717, 1.165) is 11.3 Å². The molecule has 0 aromatic carbocycles. The third-order valence-corrected chi connectivity index (χ3v) is 2.43. The molecular formula is C12H19N3O. The molecule has 1 rings (SSSR count). The molecule has 1 unspecified atom stereocenters. The lowest BCUT2D eigenvalue weighted by Crippen LogP contribution is -2.36. The number of hydrogen-bond acceptors (Lipinski definition) is 3. The molecular weight excluding hydrogens is 202 g/mol. The summed E-state index contributed by atoms with van der Waals surface area (Å²) in [7, 11) is 0. The van der Waals surface area contributed by atoms with Crippen LogP contribution in [0.4, 0.5) is 0 Å². The molecule has 0 bridgehead atoms. The summed E-state index contributed by atoms with van der Waals surface area (Å²) in [6.45, 7) is 4.87. The van der Waals surface area contributed by atoms with Crippen LogP contribution in [0.15, 0.2) is 18.3 Å². The molecule has 0 aliphatic heterocycles. The second-order valence-electron chi connectivity index (χ2n) is 3.86. The monoisotopic (exact) mass is 221 g/mol. The maximum absolute atomic E-state index is 11.6. The Kier molecular flexibility index (Phi) is 4.92. The Morgan fingerprint density at radius 1 is 1.56 bits per heavy atom. The normalized spacial score (nSPS) is 12.2. The highest BCUT2D eigenvalue weighted by Gasteiger charge is 2.16. The maximum Gasteiger partial charge on any atom is 0.224 e. The van der Waals surface area contributed by atoms with E-state index in [1.807, 2.05) is 26.0 Å². The van der Waals surface area contributed by atoms with Crippen molar-refractivity contribution >= 4 is 5.91 Å². The summed E-state index contributed by atoms with van der Waals surface area (Å²) in [6.07, 6.45) is 2.41. The second-order valence-corrected chi connectivity index (χ2v) is 3.86. The van der Waals surface area contributed by atoms with Gasteiger partial charge in [0.2, 0.25) is 5.91 Å². The molecule has 3 N–H and O–H groups in total. The minimum Gasteiger partial charge on any atom is -0.356 e. The fraction of sp³-hybridized carbons (Fsp3) is 0.500. The number of amides is 1. The maximum atomic E-state index is 11.6. The highest BCUT2D eigenvalue weighted by molar-refractivity contribution is 5.79. The zero-order valence-corrected chi connectivity index (χ0v) is 9.86. The van der Waals surface area contributed by atoms with Crippen LogP contribution in [0.3, 0.4) is 0 Å². The Balaban J connectivity index is 2.62. The van der Waals surface area contributed by atoms with E-state index in [0.29, 0.717) is 19.5 Å². The second kappa shape index (κ2) is 6.23. The number of nitrogens with one attached hydrogen (secondary N) is 1. The summed E-state index contributed by atoms with van der Waals surface area (Å²) in [5.41, 5.74) is 7.62. The molecule has 0 aliphatic rings. The lowest BCUT2D eigenvalue weighted by Gasteiger charge is -2.13. The molecule has 88 valence electrons. The quantitative estimate of drug-likeness (QED) is 0.767. The molecule has 0 saturated heterocycles. The van der Waals surface area contributed by atoms with Gasteiger partial charge in [-0.15, -0.1) is 0 Å². The average molecular weight is 221 g/mol. The van der Waals surface area contributed by atoms with Crippen LogP contribution in [0.5, 0.6) is 0 Å². The highest BCUT2D eigenvalue weighted by atomic mass is 16.1. The van der Waals surface area contributed by atoms with Gasteiger partial charge in [-0.1, -0.05) is 6.07 Å². The molecule has 1 atom stereocenters. The average Bonchev–Trinajstić information content (AvgIpc) is 2.28. The van der Waals surface area contributed by atoms with Gasteiger partial charge in [0.25, 0.3) is 0 Å². The van der Waals surface area contributed by atoms with Gasteiger partial charge < -0.3 is 11.1 Å². The number of rotatable bonds is 5. The number of nitrogens with zero attached hydrogens (tertiary/aromatic N) is 1. The third-order valence-electron chi connectivity index (χ3n) is 2.43. The van der Waals surface area contributed by atoms with Crippen LogP contribution in [-0.4, -0.2) is 24.0 Å². The first kappa shape index (κ1) is 12.6. The molecule has 0 radical (unpaired) electrons. The van der Waals surface area contributed by atoms with Gasteiger partial charge in [0.15, 0.2) is 0 Å². The SMILES string of the molecule is CCNC(=O)C(CN)Cc1ccc(C)cn1. The summed E-state index contributed by atoms with van der Waals surface area (Å²) >= 11 is 0. The first-order valence-electron chi connectivity index (χ1n) is 5.56. The first-order valence-corrected chi connectivity index (χ1v) is 5.56. The summed E-state index contributed by atoms with van der Waals surface area (Å²) in [6, 6.07) is 3.94. The Morgan fingerprint density at radius 2 is 2.31 bits per heavy atom. The molecule has 1 amide bonds. The molecule has 4 heteroatoms. The summed E-state index contributed by atoms with van der Waals surface area (Å²) in [4.78, 5) is 15.9. The van der Waals surface area contributed by atoms with Gasteiger partial charge in [-0.2, -0.15) is 0 Å². The van der Waals surface area contributed by atoms with Crippen LogP contribution in [0, 0.1) is 12.8 Å². The van der Waals surface area contributed by atoms with Crippen LogP contribution in [0.25, 0.3) is 0 Å². The molecule has 0 spiro atoms. The van der Waals surface area contributed by atoms with Crippen molar-refractivity contribution in [3.05, 3.63) is 29.6 Å². The van der Waals surface area contributed by atoms with Crippen LogP contribution >= 0.6 is 0 Å². The fourth-order valence-corrected chi connectivity index (χ4v) is 1.47. The van der Waals surface area contributed by atoms with E-state index in [4.69, 9.17) is 5.73 Å². The highest BCUT2D eigenvalue weighted by Crippen LogP contribution is 2.06. The zero-order valence-electron chi connectivity index (χ0n) is 9.86. The number of carbonyl (C=O) groups excluding carboxylic acids is 1. The molecule has 1 aromatic heterocycles. The van der Waals surface area contributed by atoms with E-state index in [2.05, 4.69) is 10.3 Å². The summed E-state index contributed by atoms with van der Waals surface area (Å²) < 4.78 is 0. The lowest BCUT2D eigenvalue weighted by atomic mass is 10.0. The van der Waals surface area contributed by atoms with E-state index in [-0.39, 0.29) is 11.8 Å². The van der Waals surface area contributed by atoms with E-state index in [9.17, 15) is 4.79 Å². The predicted molar refractivity (Wildman–Crippen MR) is 63.9 cm³/mol. The molecule has 4 nitrogen and oxygen atoms in total. The molecule has 16 heavy (non-hydrogen) atoms. The Morgan fingerprint density at radius 3 is 2.81 bits per heavy atom. The van der Waals surface area contributed by atoms with Gasteiger partial charge in [0.1, 0.15) is 0 Å². The van der Waals surface area contributed by atoms with Crippen LogP contribution < -0.4 is 11.1 Å². The van der Waals surface area contributed by atoms with Crippen molar-refractivity contribution in [2.45, 2.75) is 20.3 Å². The standard InChI is InChI=1S/C12H19N3O/c1-3-14-12(16)10(7-13)6-11-5-4-9(2)8-15-11/h4-5,8,10H,3,6-7,13H2,1-2H3,(H,14,16). The van der Waals surface area contributed by atoms with Gasteiger partial charge >= 0.3 is 0 Å². The smallest absolute Gasteiger partial charge is 0.224 e. The number of carbonyl (C=O) groups is 1. The van der Waals surface area contributed by atoms with Gasteiger partial charge in [-0.05, 0) is 25.5 Å². The Hall–Kier alpha value is -1.42. The van der Waals surface area contributed by atoms with Crippen LogP contribution in [-0.2, 0) is 11.2 Å². The molecule has 1 heterocycles. The van der Waals surface area contributed by atoms with Gasteiger partial charge in [-0.3, -0.25) is 9.78 Å². The van der Waals surface area contributed by atoms with Crippen molar-refractivity contribution in [3.8, 4) is 0 Å². The number of pyridine rings is 1. The van der Waals surface area contributed by atoms with Crippen LogP contribution in [0.2, 0.25) is 0 Å². The van der Waals surface area contributed by atoms with Gasteiger partial charge in [0.05, 0.1) is 5.92 Å². The Labute approximate surface area is 96.3 Å². The topological polar surface area (TPSA) is 68.0 Å². The van der Waals surface area contributed by atoms with Crippen LogP contribution in [0.1, 0.15) is 18.2 Å². The van der Waals surface area contributed by atoms with Crippen molar-refractivity contribution in [2.75, 3.05) is 13.1 Å². The van der Waals surface area contributed by atoms with E-state index < -0.39 is 0 Å². The van der Waals surface area contributed by atoms with Crippen molar-refractivity contribution in [2.24, 2.45) is 11.7 Å². The molecule has 0 fully saturated rings. The predicted octanol–water partition coefficient (Wildman–Crippen LogP) is 0.644. The lowest BCUT2D eigenvalue weighted by molar-refractivity contribution is -0.124. The zero-order chi connectivity index (χ0) is 12.0. The summed E-state index contributed by atoms with van der Waals surface area (Å²) in [5, 5.41) is 2.78. The Bertz CT molecular complexity index is 335. The number of nitrogens with two attached hydrogens (primary N) is 1. The van der Waals surface area contributed by atoms with Crippen molar-refractivity contribution in [3.63, 3.8) is 0 Å². The largest absolute Gasteiger partial charge is 0.356 e. The van der Waals surface area contributed by atoms with Crippen molar-refractivity contribution in [1.82, 2.24) is 10.3 Å². The van der Waals surface area contributed by atoms with E-state index >= 15 is 0 Å². The summed E-state index contributed by atoms with van der Waals surface area (Å²) in [5.74, 6) is -0.178. The van der Waals surface area contributed by atoms with E-state index in [1.54, 1.807) is 6.20 Å². The molecule has 0 saturated carbocycles. The molecule has 0 aliphatic carbocycles. The molecule has 1 aromatic rings. The number of aryl methyl sites for hydroxylation is 1. The number of hydrogen-bond donors (Lipinski definition) is 2. The number of aromatic nitrogens is 1. The van der Waals surface area contributed by atoms with Crippen molar-refractivity contribution in [1.29, 1.82) is 0 Å².